The van der Waals surface area contributed by atoms with Crippen molar-refractivity contribution >= 4 is 14.5 Å². The van der Waals surface area contributed by atoms with E-state index in [1.807, 2.05) is 0 Å². The zero-order chi connectivity index (χ0) is 5.21. The summed E-state index contributed by atoms with van der Waals surface area (Å²) in [6.07, 6.45) is 0. The molecule has 0 unspecified atom stereocenters. The van der Waals surface area contributed by atoms with Crippen molar-refractivity contribution in [3.63, 3.8) is 0 Å². The van der Waals surface area contributed by atoms with Crippen molar-refractivity contribution in [2.24, 2.45) is 0 Å². The van der Waals surface area contributed by atoms with Gasteiger partial charge in [0.2, 0.25) is 0 Å². The molecule has 0 amide bonds. The average molecular weight is 228 g/mol. The summed E-state index contributed by atoms with van der Waals surface area (Å²) in [5.41, 5.74) is 0. The van der Waals surface area contributed by atoms with Gasteiger partial charge in [-0.2, -0.15) is 0 Å². The third-order valence-corrected chi connectivity index (χ3v) is 1.16. The molecule has 7 heteroatoms. The van der Waals surface area contributed by atoms with Gasteiger partial charge in [-0.05, 0) is 0 Å². The maximum absolute atomic E-state index is 9.31. The van der Waals surface area contributed by atoms with E-state index in [0.717, 1.165) is 7.11 Å². The molecular formula is CH7AsFeNO4-. The van der Waals surface area contributed by atoms with Gasteiger partial charge in [-0.3, -0.25) is 0 Å². The SMILES string of the molecule is CO[As](=O)([O-])[O-].[Fe].[NH4+]. The molecule has 4 N–H and O–H groups in total. The Balaban J connectivity index is -0.000000125. The van der Waals surface area contributed by atoms with Gasteiger partial charge in [-0.1, -0.05) is 0 Å². The van der Waals surface area contributed by atoms with Crippen molar-refractivity contribution in [2.75, 3.05) is 7.11 Å². The maximum atomic E-state index is 9.31. The van der Waals surface area contributed by atoms with E-state index in [9.17, 15) is 11.9 Å². The topological polar surface area (TPSA) is 109 Å². The molecule has 0 rings (SSSR count). The van der Waals surface area contributed by atoms with Crippen LogP contribution in [0.3, 0.4) is 0 Å². The Labute approximate surface area is 60.8 Å². The first-order chi connectivity index (χ1) is 2.56. The molecule has 0 fully saturated rings. The van der Waals surface area contributed by atoms with Crippen LogP contribution in [0.25, 0.3) is 0 Å². The molecule has 8 heavy (non-hydrogen) atoms. The van der Waals surface area contributed by atoms with E-state index in [0.29, 0.717) is 0 Å². The minimum absolute atomic E-state index is 0. The molecule has 54 valence electrons. The zero-order valence-corrected chi connectivity index (χ0v) is 7.41. The maximum Gasteiger partial charge on any atom is 0 e. The second-order valence-corrected chi connectivity index (χ2v) is 3.27. The Morgan fingerprint density at radius 1 is 1.50 bits per heavy atom. The molecule has 0 aromatic rings. The van der Waals surface area contributed by atoms with Gasteiger partial charge in [0.05, 0.1) is 0 Å². The summed E-state index contributed by atoms with van der Waals surface area (Å²) in [5.74, 6) is 0. The summed E-state index contributed by atoms with van der Waals surface area (Å²) in [5, 5.41) is 0. The first-order valence-corrected chi connectivity index (χ1v) is 4.20. The molecule has 0 aliphatic heterocycles. The second-order valence-electron chi connectivity index (χ2n) is 0.630. The Hall–Kier alpha value is 0.718. The van der Waals surface area contributed by atoms with E-state index in [1.54, 1.807) is 0 Å². The Morgan fingerprint density at radius 2 is 1.62 bits per heavy atom. The molecule has 0 aliphatic rings. The van der Waals surface area contributed by atoms with Crippen LogP contribution in [0.15, 0.2) is 0 Å². The van der Waals surface area contributed by atoms with Gasteiger partial charge in [0.1, 0.15) is 0 Å². The third kappa shape index (κ3) is 15.9. The Morgan fingerprint density at radius 3 is 1.62 bits per heavy atom. The van der Waals surface area contributed by atoms with Crippen LogP contribution in [0.4, 0.5) is 0 Å². The predicted octanol–water partition coefficient (Wildman–Crippen LogP) is -2.41. The molecular weight excluding hydrogens is 221 g/mol. The summed E-state index contributed by atoms with van der Waals surface area (Å²) in [6.45, 7) is 0. The van der Waals surface area contributed by atoms with Crippen LogP contribution in [0.5, 0.6) is 0 Å². The monoisotopic (exact) mass is 228 g/mol. The third-order valence-electron chi connectivity index (χ3n) is 0.224. The van der Waals surface area contributed by atoms with Crippen LogP contribution in [-0.4, -0.2) is 21.6 Å². The minimum Gasteiger partial charge on any atom is -0.369 e. The Bertz CT molecular complexity index is 80.1. The first kappa shape index (κ1) is 15.9. The van der Waals surface area contributed by atoms with Crippen molar-refractivity contribution in [3.05, 3.63) is 0 Å². The normalized spacial score (nSPS) is 8.88. The van der Waals surface area contributed by atoms with E-state index in [2.05, 4.69) is 3.73 Å². The second kappa shape index (κ2) is 5.85. The molecule has 0 radical (unpaired) electrons. The molecule has 0 aromatic carbocycles. The molecule has 0 saturated carbocycles. The summed E-state index contributed by atoms with van der Waals surface area (Å²) in [6, 6.07) is 0. The quantitative estimate of drug-likeness (QED) is 0.504. The van der Waals surface area contributed by atoms with E-state index >= 15 is 0 Å². The molecule has 5 nitrogen and oxygen atoms in total. The van der Waals surface area contributed by atoms with Crippen molar-refractivity contribution < 1.29 is 32.7 Å². The van der Waals surface area contributed by atoms with Crippen LogP contribution in [0.2, 0.25) is 0 Å². The van der Waals surface area contributed by atoms with Gasteiger partial charge < -0.3 is 6.15 Å². The summed E-state index contributed by atoms with van der Waals surface area (Å²) >= 11 is -5.16. The fraction of sp³-hybridized carbons (Fsp3) is 1.00. The van der Waals surface area contributed by atoms with Crippen molar-refractivity contribution in [2.45, 2.75) is 0 Å². The van der Waals surface area contributed by atoms with Crippen LogP contribution in [0, 0.1) is 0 Å². The van der Waals surface area contributed by atoms with Crippen LogP contribution in [-0.2, 0) is 24.5 Å². The summed E-state index contributed by atoms with van der Waals surface area (Å²) in [4.78, 5) is 0. The average Bonchev–Trinajstić information content (AvgIpc) is 1.35. The van der Waals surface area contributed by atoms with E-state index < -0.39 is 14.5 Å². The number of rotatable bonds is 1. The van der Waals surface area contributed by atoms with Crippen LogP contribution >= 0.6 is 0 Å². The zero-order valence-electron chi connectivity index (χ0n) is 4.43. The van der Waals surface area contributed by atoms with Crippen LogP contribution < -0.4 is 14.3 Å². The number of hydrogen-bond acceptors (Lipinski definition) is 4. The van der Waals surface area contributed by atoms with Gasteiger partial charge in [-0.25, -0.2) is 0 Å². The van der Waals surface area contributed by atoms with E-state index in [-0.39, 0.29) is 23.2 Å². The van der Waals surface area contributed by atoms with Crippen LogP contribution in [0.1, 0.15) is 0 Å². The molecule has 0 spiro atoms. The summed E-state index contributed by atoms with van der Waals surface area (Å²) in [7, 11) is 0.847. The van der Waals surface area contributed by atoms with Gasteiger partial charge >= 0.3 is 37.3 Å². The van der Waals surface area contributed by atoms with Crippen molar-refractivity contribution in [1.29, 1.82) is 0 Å². The fourth-order valence-electron chi connectivity index (χ4n) is 0. The molecule has 0 bridgehead atoms. The molecule has 0 saturated heterocycles. The van der Waals surface area contributed by atoms with Crippen molar-refractivity contribution in [1.82, 2.24) is 6.15 Å². The van der Waals surface area contributed by atoms with E-state index in [1.165, 1.54) is 0 Å². The van der Waals surface area contributed by atoms with Gasteiger partial charge in [0.15, 0.2) is 0 Å². The van der Waals surface area contributed by atoms with Crippen molar-refractivity contribution in [3.8, 4) is 0 Å². The largest absolute Gasteiger partial charge is 0.369 e. The fourth-order valence-corrected chi connectivity index (χ4v) is 0. The number of hydrogen-bond donors (Lipinski definition) is 1. The predicted molar refractivity (Wildman–Crippen MR) is 19.4 cm³/mol. The number of quaternary nitrogens is 1. The summed E-state index contributed by atoms with van der Waals surface area (Å²) < 4.78 is 31.4. The minimum atomic E-state index is -5.16. The Kier molecular flexibility index (Phi) is 11.6. The standard InChI is InChI=1S/CH5AsO4.Fe.H3N/c1-6-2(3,4)5;;/h1H3,(H2,3,4,5);;1H3/p-1. The first-order valence-electron chi connectivity index (χ1n) is 1.14. The smallest absolute Gasteiger partial charge is 0 e. The van der Waals surface area contributed by atoms with E-state index in [4.69, 9.17) is 0 Å². The van der Waals surface area contributed by atoms with Gasteiger partial charge in [-0.15, -0.1) is 0 Å². The molecule has 0 aromatic heterocycles. The molecule has 0 atom stereocenters. The van der Waals surface area contributed by atoms with Gasteiger partial charge in [0, 0.05) is 17.1 Å². The molecule has 0 aliphatic carbocycles. The van der Waals surface area contributed by atoms with Gasteiger partial charge in [0.25, 0.3) is 0 Å². The molecule has 0 heterocycles.